The van der Waals surface area contributed by atoms with E-state index in [0.717, 1.165) is 42.6 Å². The first-order valence-electron chi connectivity index (χ1n) is 11.5. The number of carbonyl (C=O) groups is 1. The summed E-state index contributed by atoms with van der Waals surface area (Å²) in [6.07, 6.45) is 7.32. The van der Waals surface area contributed by atoms with Crippen molar-refractivity contribution in [2.24, 2.45) is 5.16 Å². The van der Waals surface area contributed by atoms with Gasteiger partial charge in [0.25, 0.3) is 5.91 Å². The average molecular weight is 439 g/mol. The predicted octanol–water partition coefficient (Wildman–Crippen LogP) is 4.46. The second kappa shape index (κ2) is 12.1. The molecule has 0 heterocycles. The van der Waals surface area contributed by atoms with Crippen molar-refractivity contribution in [2.75, 3.05) is 27.4 Å². The van der Waals surface area contributed by atoms with Gasteiger partial charge >= 0.3 is 0 Å². The van der Waals surface area contributed by atoms with Crippen molar-refractivity contribution in [1.82, 2.24) is 5.32 Å². The molecule has 0 fully saturated rings. The molecule has 0 saturated carbocycles. The summed E-state index contributed by atoms with van der Waals surface area (Å²) >= 11 is 0. The molecular formula is C26H34N2O4. The summed E-state index contributed by atoms with van der Waals surface area (Å²) in [6, 6.07) is 12.0. The zero-order valence-corrected chi connectivity index (χ0v) is 19.4. The first-order valence-corrected chi connectivity index (χ1v) is 11.5. The van der Waals surface area contributed by atoms with Crippen molar-refractivity contribution in [3.63, 3.8) is 0 Å². The van der Waals surface area contributed by atoms with Gasteiger partial charge in [-0.25, -0.2) is 0 Å². The fraction of sp³-hybridized carbons (Fsp3) is 0.462. The summed E-state index contributed by atoms with van der Waals surface area (Å²) in [7, 11) is 3.10. The van der Waals surface area contributed by atoms with Gasteiger partial charge in [-0.1, -0.05) is 36.7 Å². The Kier molecular flexibility index (Phi) is 8.96. The highest BCUT2D eigenvalue weighted by atomic mass is 16.6. The van der Waals surface area contributed by atoms with Gasteiger partial charge in [-0.3, -0.25) is 4.79 Å². The Bertz CT molecular complexity index is 939. The number of nitrogens with zero attached hydrogens (tertiary/aromatic N) is 1. The Morgan fingerprint density at radius 2 is 1.84 bits per heavy atom. The van der Waals surface area contributed by atoms with Crippen LogP contribution in [0.25, 0.3) is 0 Å². The number of unbranched alkanes of at least 4 members (excludes halogenated alkanes) is 1. The van der Waals surface area contributed by atoms with Gasteiger partial charge in [0.2, 0.25) is 0 Å². The van der Waals surface area contributed by atoms with Gasteiger partial charge in [0.05, 0.1) is 13.7 Å². The van der Waals surface area contributed by atoms with E-state index in [4.69, 9.17) is 14.3 Å². The van der Waals surface area contributed by atoms with Gasteiger partial charge in [-0.15, -0.1) is 0 Å². The Morgan fingerprint density at radius 1 is 1.03 bits per heavy atom. The van der Waals surface area contributed by atoms with E-state index in [1.807, 2.05) is 24.3 Å². The van der Waals surface area contributed by atoms with Crippen molar-refractivity contribution in [2.45, 2.75) is 51.9 Å². The molecule has 0 unspecified atom stereocenters. The topological polar surface area (TPSA) is 69.2 Å². The third-order valence-corrected chi connectivity index (χ3v) is 5.70. The van der Waals surface area contributed by atoms with Crippen LogP contribution in [-0.2, 0) is 28.9 Å². The molecule has 0 saturated heterocycles. The summed E-state index contributed by atoms with van der Waals surface area (Å²) in [5, 5.41) is 6.98. The van der Waals surface area contributed by atoms with Crippen molar-refractivity contribution in [1.29, 1.82) is 0 Å². The Hall–Kier alpha value is -3.02. The fourth-order valence-corrected chi connectivity index (χ4v) is 3.91. The molecule has 6 nitrogen and oxygen atoms in total. The Balaban J connectivity index is 1.60. The van der Waals surface area contributed by atoms with Crippen LogP contribution < -0.4 is 14.8 Å². The van der Waals surface area contributed by atoms with Gasteiger partial charge < -0.3 is 19.6 Å². The number of methoxy groups -OCH3 is 1. The van der Waals surface area contributed by atoms with Crippen LogP contribution in [0.3, 0.4) is 0 Å². The number of rotatable bonds is 11. The quantitative estimate of drug-likeness (QED) is 0.319. The van der Waals surface area contributed by atoms with E-state index in [-0.39, 0.29) is 5.91 Å². The first-order chi connectivity index (χ1) is 15.7. The number of fused-ring (bicyclic) bond motifs is 1. The van der Waals surface area contributed by atoms with Gasteiger partial charge in [0.15, 0.2) is 17.2 Å². The molecule has 1 aliphatic carbocycles. The SMILES string of the molecule is CCCCOc1ccc(CCNC(=O)C(=NOC)c2ccc3c(c2)CCCC3)cc1OC. The monoisotopic (exact) mass is 438 g/mol. The maximum atomic E-state index is 12.8. The number of carbonyl (C=O) groups excluding carboxylic acids is 1. The number of benzene rings is 2. The van der Waals surface area contributed by atoms with E-state index in [2.05, 4.69) is 29.5 Å². The minimum absolute atomic E-state index is 0.242. The highest BCUT2D eigenvalue weighted by Gasteiger charge is 2.18. The molecule has 0 aliphatic heterocycles. The normalized spacial score (nSPS) is 13.3. The largest absolute Gasteiger partial charge is 0.493 e. The number of nitrogens with one attached hydrogen (secondary N) is 1. The van der Waals surface area contributed by atoms with E-state index in [1.54, 1.807) is 7.11 Å². The molecule has 172 valence electrons. The van der Waals surface area contributed by atoms with E-state index >= 15 is 0 Å². The van der Waals surface area contributed by atoms with Crippen LogP contribution in [0.5, 0.6) is 11.5 Å². The maximum absolute atomic E-state index is 12.8. The van der Waals surface area contributed by atoms with Crippen molar-refractivity contribution < 1.29 is 19.1 Å². The Morgan fingerprint density at radius 3 is 2.59 bits per heavy atom. The number of amides is 1. The second-order valence-corrected chi connectivity index (χ2v) is 8.01. The number of hydrogen-bond acceptors (Lipinski definition) is 5. The predicted molar refractivity (Wildman–Crippen MR) is 127 cm³/mol. The number of aryl methyl sites for hydroxylation is 2. The highest BCUT2D eigenvalue weighted by molar-refractivity contribution is 6.45. The molecule has 2 aromatic rings. The first kappa shape index (κ1) is 23.6. The summed E-state index contributed by atoms with van der Waals surface area (Å²) in [6.45, 7) is 3.28. The van der Waals surface area contributed by atoms with Gasteiger partial charge in [0, 0.05) is 12.1 Å². The molecule has 32 heavy (non-hydrogen) atoms. The molecule has 1 aliphatic rings. The lowest BCUT2D eigenvalue weighted by atomic mass is 9.89. The van der Waals surface area contributed by atoms with Gasteiger partial charge in [-0.05, 0) is 73.4 Å². The molecule has 6 heteroatoms. The summed E-state index contributed by atoms with van der Waals surface area (Å²) in [5.41, 5.74) is 4.83. The molecule has 0 radical (unpaired) electrons. The van der Waals surface area contributed by atoms with Crippen LogP contribution in [0, 0.1) is 0 Å². The van der Waals surface area contributed by atoms with E-state index < -0.39 is 0 Å². The third kappa shape index (κ3) is 6.25. The van der Waals surface area contributed by atoms with Crippen LogP contribution in [0.1, 0.15) is 54.9 Å². The third-order valence-electron chi connectivity index (χ3n) is 5.70. The van der Waals surface area contributed by atoms with E-state index in [1.165, 1.54) is 31.1 Å². The standard InChI is InChI=1S/C26H34N2O4/c1-4-5-16-32-23-13-10-19(17-24(23)30-2)14-15-27-26(29)25(28-31-3)22-12-11-20-8-6-7-9-21(20)18-22/h10-13,17-18H,4-9,14-16H2,1-3H3,(H,27,29). The average Bonchev–Trinajstić information content (AvgIpc) is 2.83. The molecule has 2 aromatic carbocycles. The second-order valence-electron chi connectivity index (χ2n) is 8.01. The van der Waals surface area contributed by atoms with E-state index in [0.29, 0.717) is 31.0 Å². The molecule has 1 amide bonds. The zero-order valence-electron chi connectivity index (χ0n) is 19.4. The molecule has 0 aromatic heterocycles. The summed E-state index contributed by atoms with van der Waals surface area (Å²) in [5.74, 6) is 1.21. The summed E-state index contributed by atoms with van der Waals surface area (Å²) < 4.78 is 11.3. The number of oxime groups is 1. The minimum Gasteiger partial charge on any atom is -0.493 e. The van der Waals surface area contributed by atoms with Crippen molar-refractivity contribution in [3.05, 3.63) is 58.7 Å². The van der Waals surface area contributed by atoms with Gasteiger partial charge in [-0.2, -0.15) is 0 Å². The lowest BCUT2D eigenvalue weighted by Crippen LogP contribution is -2.33. The zero-order chi connectivity index (χ0) is 22.8. The van der Waals surface area contributed by atoms with Crippen molar-refractivity contribution >= 4 is 11.6 Å². The minimum atomic E-state index is -0.242. The van der Waals surface area contributed by atoms with Crippen LogP contribution >= 0.6 is 0 Å². The number of ether oxygens (including phenoxy) is 2. The van der Waals surface area contributed by atoms with Crippen LogP contribution in [0.4, 0.5) is 0 Å². The fourth-order valence-electron chi connectivity index (χ4n) is 3.91. The molecule has 3 rings (SSSR count). The lowest BCUT2D eigenvalue weighted by molar-refractivity contribution is -0.114. The van der Waals surface area contributed by atoms with E-state index in [9.17, 15) is 4.79 Å². The molecule has 1 N–H and O–H groups in total. The highest BCUT2D eigenvalue weighted by Crippen LogP contribution is 2.28. The smallest absolute Gasteiger partial charge is 0.273 e. The Labute approximate surface area is 190 Å². The lowest BCUT2D eigenvalue weighted by Gasteiger charge is -2.17. The maximum Gasteiger partial charge on any atom is 0.273 e. The summed E-state index contributed by atoms with van der Waals surface area (Å²) in [4.78, 5) is 17.8. The van der Waals surface area contributed by atoms with Crippen molar-refractivity contribution in [3.8, 4) is 11.5 Å². The molecular weight excluding hydrogens is 404 g/mol. The molecule has 0 atom stereocenters. The van der Waals surface area contributed by atoms with Crippen LogP contribution in [0.15, 0.2) is 41.6 Å². The number of hydrogen-bond donors (Lipinski definition) is 1. The van der Waals surface area contributed by atoms with Crippen LogP contribution in [0.2, 0.25) is 0 Å². The van der Waals surface area contributed by atoms with Gasteiger partial charge in [0.1, 0.15) is 7.11 Å². The molecule has 0 spiro atoms. The molecule has 0 bridgehead atoms. The van der Waals surface area contributed by atoms with Crippen LogP contribution in [-0.4, -0.2) is 39.0 Å².